The second kappa shape index (κ2) is 14.7. The molecule has 4 aromatic rings. The molecule has 0 amide bonds. The molecule has 6 nitrogen and oxygen atoms in total. The molecule has 0 aliphatic heterocycles. The van der Waals surface area contributed by atoms with E-state index < -0.39 is 0 Å². The van der Waals surface area contributed by atoms with Gasteiger partial charge in [0.05, 0.1) is 10.9 Å². The number of aromatic nitrogens is 3. The molecule has 218 valence electrons. The zero-order chi connectivity index (χ0) is 28.5. The first-order valence-electron chi connectivity index (χ1n) is 16.1. The van der Waals surface area contributed by atoms with Gasteiger partial charge in [-0.25, -0.2) is 4.68 Å². The molecule has 0 radical (unpaired) electrons. The van der Waals surface area contributed by atoms with Crippen molar-refractivity contribution in [3.05, 3.63) is 55.3 Å². The Morgan fingerprint density at radius 1 is 0.450 bits per heavy atom. The summed E-state index contributed by atoms with van der Waals surface area (Å²) in [6.45, 7) is 8.50. The maximum Gasteiger partial charge on any atom is 0.273 e. The van der Waals surface area contributed by atoms with Crippen LogP contribution in [0.5, 0.6) is 0 Å². The second-order valence-corrected chi connectivity index (χ2v) is 11.6. The van der Waals surface area contributed by atoms with Crippen LogP contribution in [0.3, 0.4) is 0 Å². The number of aryl methyl sites for hydroxylation is 1. The summed E-state index contributed by atoms with van der Waals surface area (Å²) in [5.41, 5.74) is 0.480. The standard InChI is InChI=1S/C34H49N3O3/c1-4-7-10-13-16-23-35-32(38)26-19-20-28-31-29(22-21-27(30(26)31)33(35)39)36(24-17-14-11-8-5-2)37(34(28)40)25-18-15-12-9-6-3/h19-22H,4-18,23-25H2,1-3H3. The lowest BCUT2D eigenvalue weighted by molar-refractivity contribution is 0.408. The topological polar surface area (TPSA) is 66.0 Å². The fourth-order valence-corrected chi connectivity index (χ4v) is 6.26. The van der Waals surface area contributed by atoms with Gasteiger partial charge in [0.2, 0.25) is 0 Å². The van der Waals surface area contributed by atoms with Crippen molar-refractivity contribution in [2.75, 3.05) is 0 Å². The summed E-state index contributed by atoms with van der Waals surface area (Å²) in [5.74, 6) is 0. The normalized spacial score (nSPS) is 12.0. The highest BCUT2D eigenvalue weighted by Crippen LogP contribution is 2.30. The molecule has 0 fully saturated rings. The summed E-state index contributed by atoms with van der Waals surface area (Å²) in [6, 6.07) is 7.51. The van der Waals surface area contributed by atoms with Crippen LogP contribution in [-0.2, 0) is 19.6 Å². The van der Waals surface area contributed by atoms with Crippen molar-refractivity contribution in [3.63, 3.8) is 0 Å². The van der Waals surface area contributed by atoms with Gasteiger partial charge >= 0.3 is 0 Å². The third-order valence-electron chi connectivity index (χ3n) is 8.56. The molecule has 0 aliphatic rings. The first kappa shape index (κ1) is 30.1. The Morgan fingerprint density at radius 2 is 0.875 bits per heavy atom. The van der Waals surface area contributed by atoms with Crippen molar-refractivity contribution < 1.29 is 0 Å². The Balaban J connectivity index is 1.81. The van der Waals surface area contributed by atoms with Gasteiger partial charge in [0, 0.05) is 41.2 Å². The zero-order valence-electron chi connectivity index (χ0n) is 25.1. The van der Waals surface area contributed by atoms with Crippen LogP contribution in [0.4, 0.5) is 0 Å². The molecule has 0 atom stereocenters. The van der Waals surface area contributed by atoms with E-state index in [1.807, 2.05) is 22.9 Å². The summed E-state index contributed by atoms with van der Waals surface area (Å²) < 4.78 is 5.50. The molecule has 0 saturated carbocycles. The highest BCUT2D eigenvalue weighted by molar-refractivity contribution is 6.21. The fourth-order valence-electron chi connectivity index (χ4n) is 6.26. The fraction of sp³-hybridized carbons (Fsp3) is 0.618. The summed E-state index contributed by atoms with van der Waals surface area (Å²) in [4.78, 5) is 41.1. The highest BCUT2D eigenvalue weighted by atomic mass is 16.2. The molecule has 0 N–H and O–H groups in total. The van der Waals surface area contributed by atoms with E-state index in [4.69, 9.17) is 0 Å². The smallest absolute Gasteiger partial charge is 0.273 e. The van der Waals surface area contributed by atoms with E-state index in [1.165, 1.54) is 49.5 Å². The van der Waals surface area contributed by atoms with Gasteiger partial charge in [-0.05, 0) is 43.5 Å². The summed E-state index contributed by atoms with van der Waals surface area (Å²) in [7, 11) is 0. The lowest BCUT2D eigenvalue weighted by atomic mass is 9.98. The lowest BCUT2D eigenvalue weighted by Gasteiger charge is -2.22. The van der Waals surface area contributed by atoms with Crippen LogP contribution in [0, 0.1) is 0 Å². The van der Waals surface area contributed by atoms with Crippen molar-refractivity contribution in [2.45, 2.75) is 137 Å². The van der Waals surface area contributed by atoms with E-state index in [2.05, 4.69) is 25.5 Å². The minimum Gasteiger partial charge on any atom is -0.282 e. The first-order valence-corrected chi connectivity index (χ1v) is 16.1. The molecule has 0 aliphatic carbocycles. The third-order valence-corrected chi connectivity index (χ3v) is 8.56. The van der Waals surface area contributed by atoms with Crippen LogP contribution >= 0.6 is 0 Å². The number of nitrogens with zero attached hydrogens (tertiary/aromatic N) is 3. The lowest BCUT2D eigenvalue weighted by Crippen LogP contribution is -2.34. The van der Waals surface area contributed by atoms with Gasteiger partial charge in [-0.2, -0.15) is 0 Å². The molecule has 2 aromatic carbocycles. The number of rotatable bonds is 18. The molecule has 0 unspecified atom stereocenters. The average molecular weight is 548 g/mol. The Hall–Kier alpha value is -2.89. The van der Waals surface area contributed by atoms with Crippen molar-refractivity contribution >= 4 is 32.4 Å². The minimum atomic E-state index is -0.228. The maximum atomic E-state index is 14.0. The number of unbranched alkanes of at least 4 members (excludes halogenated alkanes) is 12. The second-order valence-electron chi connectivity index (χ2n) is 11.6. The molecule has 40 heavy (non-hydrogen) atoms. The van der Waals surface area contributed by atoms with Crippen molar-refractivity contribution in [1.29, 1.82) is 0 Å². The van der Waals surface area contributed by atoms with Crippen LogP contribution in [0.2, 0.25) is 0 Å². The van der Waals surface area contributed by atoms with Gasteiger partial charge in [-0.3, -0.25) is 23.6 Å². The predicted octanol–water partition coefficient (Wildman–Crippen LogP) is 7.98. The number of hydrogen-bond donors (Lipinski definition) is 0. The predicted molar refractivity (Wildman–Crippen MR) is 169 cm³/mol. The maximum absolute atomic E-state index is 14.0. The van der Waals surface area contributed by atoms with Crippen molar-refractivity contribution in [2.24, 2.45) is 0 Å². The first-order chi connectivity index (χ1) is 19.5. The van der Waals surface area contributed by atoms with E-state index in [9.17, 15) is 14.4 Å². The minimum absolute atomic E-state index is 0.0153. The highest BCUT2D eigenvalue weighted by Gasteiger charge is 2.21. The Morgan fingerprint density at radius 3 is 1.40 bits per heavy atom. The van der Waals surface area contributed by atoms with E-state index >= 15 is 0 Å². The molecular formula is C34H49N3O3. The largest absolute Gasteiger partial charge is 0.282 e. The van der Waals surface area contributed by atoms with Gasteiger partial charge in [-0.15, -0.1) is 0 Å². The van der Waals surface area contributed by atoms with E-state index in [0.717, 1.165) is 68.8 Å². The molecule has 6 heteroatoms. The molecule has 2 heterocycles. The number of pyridine rings is 1. The molecule has 0 saturated heterocycles. The number of benzene rings is 2. The summed E-state index contributed by atoms with van der Waals surface area (Å²) >= 11 is 0. The monoisotopic (exact) mass is 547 g/mol. The van der Waals surface area contributed by atoms with Crippen molar-refractivity contribution in [1.82, 2.24) is 13.9 Å². The van der Waals surface area contributed by atoms with Gasteiger partial charge in [0.25, 0.3) is 16.7 Å². The number of hydrogen-bond acceptors (Lipinski definition) is 3. The van der Waals surface area contributed by atoms with Crippen LogP contribution in [0.1, 0.15) is 117 Å². The van der Waals surface area contributed by atoms with Crippen molar-refractivity contribution in [3.8, 4) is 0 Å². The summed E-state index contributed by atoms with van der Waals surface area (Å²) in [6.07, 6.45) is 16.7. The Bertz CT molecular complexity index is 1530. The van der Waals surface area contributed by atoms with E-state index in [0.29, 0.717) is 34.6 Å². The van der Waals surface area contributed by atoms with Crippen LogP contribution in [0.25, 0.3) is 32.4 Å². The SMILES string of the molecule is CCCCCCCn1c(=O)c2ccc3c(=O)n(CCCCCCC)n(CCCCCCC)c4ccc(c1=O)c2c34. The third kappa shape index (κ3) is 6.37. The molecule has 0 spiro atoms. The Kier molecular flexibility index (Phi) is 11.0. The van der Waals surface area contributed by atoms with Gasteiger partial charge in [0.1, 0.15) is 0 Å². The van der Waals surface area contributed by atoms with E-state index in [1.54, 1.807) is 6.07 Å². The quantitative estimate of drug-likeness (QED) is 0.0937. The molecule has 2 aromatic heterocycles. The Labute approximate surface area is 238 Å². The summed E-state index contributed by atoms with van der Waals surface area (Å²) in [5, 5.41) is 3.15. The van der Waals surface area contributed by atoms with Gasteiger partial charge in [-0.1, -0.05) is 97.8 Å². The van der Waals surface area contributed by atoms with Crippen LogP contribution in [-0.4, -0.2) is 13.9 Å². The zero-order valence-corrected chi connectivity index (χ0v) is 25.1. The van der Waals surface area contributed by atoms with Crippen LogP contribution < -0.4 is 16.7 Å². The van der Waals surface area contributed by atoms with Gasteiger partial charge in [0.15, 0.2) is 0 Å². The van der Waals surface area contributed by atoms with E-state index in [-0.39, 0.29) is 16.7 Å². The molecule has 4 rings (SSSR count). The van der Waals surface area contributed by atoms with Gasteiger partial charge < -0.3 is 0 Å². The molecular weight excluding hydrogens is 498 g/mol. The van der Waals surface area contributed by atoms with Crippen LogP contribution in [0.15, 0.2) is 38.6 Å². The average Bonchev–Trinajstić information content (AvgIpc) is 2.96. The molecule has 0 bridgehead atoms.